The summed E-state index contributed by atoms with van der Waals surface area (Å²) in [4.78, 5) is 22.4. The molecule has 1 aromatic carbocycles. The number of fused-ring (bicyclic) bond motifs is 1. The molecule has 3 heterocycles. The van der Waals surface area contributed by atoms with E-state index in [1.54, 1.807) is 0 Å². The summed E-state index contributed by atoms with van der Waals surface area (Å²) in [5, 5.41) is 21.0. The fourth-order valence-electron chi connectivity index (χ4n) is 7.84. The number of rotatable bonds is 9. The van der Waals surface area contributed by atoms with E-state index in [0.29, 0.717) is 30.3 Å². The van der Waals surface area contributed by atoms with Crippen LogP contribution < -0.4 is 0 Å². The quantitative estimate of drug-likeness (QED) is 0.126. The molecular formula is C42H55N5O2. The maximum atomic E-state index is 13.5. The largest absolute Gasteiger partial charge is 0.508 e. The van der Waals surface area contributed by atoms with E-state index in [1.165, 1.54) is 36.0 Å². The number of piperazine rings is 1. The Kier molecular flexibility index (Phi) is 11.9. The van der Waals surface area contributed by atoms with E-state index < -0.39 is 0 Å². The van der Waals surface area contributed by atoms with Gasteiger partial charge >= 0.3 is 0 Å². The smallest absolute Gasteiger partial charge is 0.264 e. The van der Waals surface area contributed by atoms with Crippen molar-refractivity contribution in [2.45, 2.75) is 78.8 Å². The minimum atomic E-state index is -0.119. The lowest BCUT2D eigenvalue weighted by Gasteiger charge is -2.38. The predicted molar refractivity (Wildman–Crippen MR) is 199 cm³/mol. The van der Waals surface area contributed by atoms with Crippen molar-refractivity contribution in [1.29, 1.82) is 5.26 Å². The molecule has 49 heavy (non-hydrogen) atoms. The summed E-state index contributed by atoms with van der Waals surface area (Å²) in [5.74, 6) is 0.518. The van der Waals surface area contributed by atoms with Crippen molar-refractivity contribution in [3.8, 4) is 6.07 Å². The molecule has 1 aliphatic carbocycles. The van der Waals surface area contributed by atoms with Crippen molar-refractivity contribution < 1.29 is 9.90 Å². The summed E-state index contributed by atoms with van der Waals surface area (Å²) < 4.78 is 0. The fourth-order valence-corrected chi connectivity index (χ4v) is 7.84. The number of nitrogens with zero attached hydrogens (tertiary/aromatic N) is 5. The average Bonchev–Trinajstić information content (AvgIpc) is 3.11. The molecule has 1 unspecified atom stereocenters. The summed E-state index contributed by atoms with van der Waals surface area (Å²) >= 11 is 0. The van der Waals surface area contributed by atoms with Crippen LogP contribution in [0.15, 0.2) is 101 Å². The normalized spacial score (nSPS) is 22.4. The van der Waals surface area contributed by atoms with Gasteiger partial charge in [0.05, 0.1) is 6.04 Å². The van der Waals surface area contributed by atoms with Crippen LogP contribution in [0.2, 0.25) is 0 Å². The van der Waals surface area contributed by atoms with E-state index in [-0.39, 0.29) is 11.9 Å². The third-order valence-electron chi connectivity index (χ3n) is 11.2. The van der Waals surface area contributed by atoms with E-state index in [4.69, 9.17) is 0 Å². The van der Waals surface area contributed by atoms with Crippen LogP contribution in [0.1, 0.15) is 82.5 Å². The Labute approximate surface area is 294 Å². The lowest BCUT2D eigenvalue weighted by Crippen LogP contribution is -2.46. The molecule has 1 atom stereocenters. The first-order valence-electron chi connectivity index (χ1n) is 18.1. The second kappa shape index (κ2) is 16.1. The van der Waals surface area contributed by atoms with Gasteiger partial charge in [0.15, 0.2) is 0 Å². The zero-order valence-corrected chi connectivity index (χ0v) is 30.4. The Hall–Kier alpha value is -4.12. The molecule has 1 amide bonds. The van der Waals surface area contributed by atoms with Gasteiger partial charge in [-0.3, -0.25) is 14.6 Å². The minimum absolute atomic E-state index is 0.0621. The van der Waals surface area contributed by atoms with Crippen LogP contribution in [0, 0.1) is 17.2 Å². The van der Waals surface area contributed by atoms with Crippen molar-refractivity contribution in [2.24, 2.45) is 5.92 Å². The number of aliphatic hydroxyl groups is 1. The molecule has 1 saturated carbocycles. The van der Waals surface area contributed by atoms with Gasteiger partial charge in [0, 0.05) is 70.3 Å². The molecular weight excluding hydrogens is 606 g/mol. The Morgan fingerprint density at radius 3 is 2.43 bits per heavy atom. The number of likely N-dealkylation sites (N-methyl/N-ethyl adjacent to an activating group) is 1. The second-order valence-corrected chi connectivity index (χ2v) is 14.4. The Morgan fingerprint density at radius 2 is 1.76 bits per heavy atom. The van der Waals surface area contributed by atoms with E-state index in [0.717, 1.165) is 85.5 Å². The maximum absolute atomic E-state index is 13.5. The number of carbonyl (C=O) groups excluding carboxylic acids is 1. The van der Waals surface area contributed by atoms with Crippen LogP contribution >= 0.6 is 0 Å². The molecule has 7 nitrogen and oxygen atoms in total. The fraction of sp³-hybridized carbons (Fsp3) is 0.476. The molecule has 0 aromatic heterocycles. The monoisotopic (exact) mass is 661 g/mol. The highest BCUT2D eigenvalue weighted by atomic mass is 16.3. The number of benzene rings is 1. The van der Waals surface area contributed by atoms with Gasteiger partial charge in [-0.25, -0.2) is 0 Å². The van der Waals surface area contributed by atoms with Crippen LogP contribution in [0.5, 0.6) is 0 Å². The standard InChI is InChI=1S/C42H55N5O2/c1-8-35(40-28-44(7)32(5)30(3)31(40)4)24-41(48)29(2)26-45-19-21-46(22-20-45)27-36-15-12-16-38-33(6)47(18-17-39(36)38)42(49)37(25-43)23-34-13-10-9-11-14-34/h8,12,15-16,23-24,28,33-34,48H,1,5,9-11,13-14,17-22,26-27H2,2-4,6-7H3/b35-24+,37-23+,41-29-. The summed E-state index contributed by atoms with van der Waals surface area (Å²) in [7, 11) is 1.99. The number of nitriles is 1. The van der Waals surface area contributed by atoms with E-state index in [2.05, 4.69) is 74.2 Å². The number of allylic oxidation sites excluding steroid dienone is 7. The van der Waals surface area contributed by atoms with Crippen molar-refractivity contribution in [3.05, 3.63) is 117 Å². The summed E-state index contributed by atoms with van der Waals surface area (Å²) in [5.41, 5.74) is 10.4. The van der Waals surface area contributed by atoms with Crippen LogP contribution in [0.3, 0.4) is 0 Å². The van der Waals surface area contributed by atoms with Crippen molar-refractivity contribution in [3.63, 3.8) is 0 Å². The van der Waals surface area contributed by atoms with Gasteiger partial charge in [0.2, 0.25) is 0 Å². The lowest BCUT2D eigenvalue weighted by molar-refractivity contribution is -0.129. The summed E-state index contributed by atoms with van der Waals surface area (Å²) in [6.07, 6.45) is 14.2. The van der Waals surface area contributed by atoms with Crippen molar-refractivity contribution in [1.82, 2.24) is 19.6 Å². The second-order valence-electron chi connectivity index (χ2n) is 14.4. The highest BCUT2D eigenvalue weighted by Gasteiger charge is 2.31. The van der Waals surface area contributed by atoms with Gasteiger partial charge in [-0.1, -0.05) is 62.8 Å². The van der Waals surface area contributed by atoms with Crippen molar-refractivity contribution >= 4 is 5.91 Å². The number of amides is 1. The summed E-state index contributed by atoms with van der Waals surface area (Å²) in [6, 6.07) is 8.69. The molecule has 1 N–H and O–H groups in total. The summed E-state index contributed by atoms with van der Waals surface area (Å²) in [6.45, 7) is 22.5. The topological polar surface area (TPSA) is 74.0 Å². The Balaban J connectivity index is 1.19. The molecule has 5 rings (SSSR count). The molecule has 0 radical (unpaired) electrons. The first-order valence-corrected chi connectivity index (χ1v) is 18.1. The van der Waals surface area contributed by atoms with Gasteiger partial charge in [0.1, 0.15) is 17.4 Å². The SMILES string of the molecule is C=C/C(=C\C(O)=C(/C)CN1CCN(Cc2cccc3c2CCN(C(=O)/C(C#N)=C/C2CCCCC2)C3C)CC1)C1=CN(C)C(=C)C(C)=C1C. The molecule has 1 aromatic rings. The average molecular weight is 662 g/mol. The van der Waals surface area contributed by atoms with Crippen molar-refractivity contribution in [2.75, 3.05) is 46.3 Å². The Bertz CT molecular complexity index is 1650. The predicted octanol–water partition coefficient (Wildman–Crippen LogP) is 7.90. The lowest BCUT2D eigenvalue weighted by atomic mass is 9.87. The van der Waals surface area contributed by atoms with Crippen LogP contribution in [0.4, 0.5) is 0 Å². The van der Waals surface area contributed by atoms with Gasteiger partial charge in [-0.2, -0.15) is 5.26 Å². The molecule has 1 saturated heterocycles. The number of hydrogen-bond acceptors (Lipinski definition) is 6. The zero-order chi connectivity index (χ0) is 35.2. The molecule has 4 aliphatic rings. The molecule has 2 fully saturated rings. The highest BCUT2D eigenvalue weighted by Crippen LogP contribution is 2.35. The van der Waals surface area contributed by atoms with Gasteiger partial charge < -0.3 is 14.9 Å². The zero-order valence-electron chi connectivity index (χ0n) is 30.4. The molecule has 260 valence electrons. The number of hydrogen-bond donors (Lipinski definition) is 1. The molecule has 0 spiro atoms. The van der Waals surface area contributed by atoms with E-state index in [1.807, 2.05) is 42.0 Å². The maximum Gasteiger partial charge on any atom is 0.264 e. The van der Waals surface area contributed by atoms with Gasteiger partial charge in [-0.15, -0.1) is 0 Å². The molecule has 0 bridgehead atoms. The van der Waals surface area contributed by atoms with Gasteiger partial charge in [0.25, 0.3) is 5.91 Å². The van der Waals surface area contributed by atoms with E-state index >= 15 is 0 Å². The number of aliphatic hydroxyl groups excluding tert-OH is 1. The number of carbonyl (C=O) groups is 1. The first-order chi connectivity index (χ1) is 23.5. The van der Waals surface area contributed by atoms with Crippen LogP contribution in [-0.2, 0) is 17.8 Å². The minimum Gasteiger partial charge on any atom is -0.508 e. The van der Waals surface area contributed by atoms with Gasteiger partial charge in [-0.05, 0) is 97.9 Å². The van der Waals surface area contributed by atoms with Crippen LogP contribution in [0.25, 0.3) is 0 Å². The third kappa shape index (κ3) is 8.20. The highest BCUT2D eigenvalue weighted by molar-refractivity contribution is 5.97. The third-order valence-corrected chi connectivity index (χ3v) is 11.2. The van der Waals surface area contributed by atoms with E-state index in [9.17, 15) is 15.2 Å². The molecule has 3 aliphatic heterocycles. The Morgan fingerprint density at radius 1 is 1.06 bits per heavy atom. The van der Waals surface area contributed by atoms with Crippen LogP contribution in [-0.4, -0.2) is 76.9 Å². The first kappa shape index (κ1) is 36.2. The molecule has 7 heteroatoms.